The van der Waals surface area contributed by atoms with Crippen LogP contribution in [0, 0.1) is 19.7 Å². The molecular weight excluding hydrogens is 277 g/mol. The van der Waals surface area contributed by atoms with E-state index >= 15 is 0 Å². The molecule has 0 saturated heterocycles. The molecule has 0 heterocycles. The van der Waals surface area contributed by atoms with E-state index in [1.165, 1.54) is 6.07 Å². The molecule has 2 rings (SSSR count). The van der Waals surface area contributed by atoms with Gasteiger partial charge < -0.3 is 10.5 Å². The molecule has 0 aliphatic rings. The number of nitrogens with two attached hydrogens (primary N) is 1. The molecule has 4 heteroatoms. The van der Waals surface area contributed by atoms with Crippen molar-refractivity contribution in [3.63, 3.8) is 0 Å². The summed E-state index contributed by atoms with van der Waals surface area (Å²) in [6.07, 6.45) is 0. The maximum atomic E-state index is 13.7. The molecule has 2 nitrogen and oxygen atoms in total. The highest BCUT2D eigenvalue weighted by Gasteiger charge is 2.13. The molecule has 2 aromatic rings. The van der Waals surface area contributed by atoms with Gasteiger partial charge in [0.15, 0.2) is 0 Å². The average Bonchev–Trinajstić information content (AvgIpc) is 2.36. The fraction of sp³-hybridized carbons (Fsp3) is 0.250. The third-order valence-electron chi connectivity index (χ3n) is 3.14. The lowest BCUT2D eigenvalue weighted by molar-refractivity contribution is 0.465. The van der Waals surface area contributed by atoms with Crippen molar-refractivity contribution in [3.05, 3.63) is 57.9 Å². The molecule has 106 valence electrons. The molecule has 0 spiro atoms. The van der Waals surface area contributed by atoms with Crippen molar-refractivity contribution in [2.75, 3.05) is 0 Å². The topological polar surface area (TPSA) is 35.2 Å². The summed E-state index contributed by atoms with van der Waals surface area (Å²) in [6, 6.07) is 8.15. The maximum absolute atomic E-state index is 13.7. The van der Waals surface area contributed by atoms with Crippen LogP contribution in [0.5, 0.6) is 11.5 Å². The van der Waals surface area contributed by atoms with E-state index in [-0.39, 0.29) is 11.9 Å². The van der Waals surface area contributed by atoms with E-state index in [0.717, 1.165) is 5.56 Å². The average molecular weight is 294 g/mol. The minimum absolute atomic E-state index is 0.280. The Balaban J connectivity index is 2.44. The lowest BCUT2D eigenvalue weighted by atomic mass is 10.0. The third kappa shape index (κ3) is 3.11. The Kier molecular flexibility index (Phi) is 4.31. The largest absolute Gasteiger partial charge is 0.457 e. The van der Waals surface area contributed by atoms with Gasteiger partial charge >= 0.3 is 0 Å². The van der Waals surface area contributed by atoms with Crippen LogP contribution >= 0.6 is 11.6 Å². The zero-order valence-electron chi connectivity index (χ0n) is 11.7. The van der Waals surface area contributed by atoms with Crippen LogP contribution in [-0.2, 0) is 0 Å². The Bertz CT molecular complexity index is 641. The molecule has 0 saturated carbocycles. The van der Waals surface area contributed by atoms with E-state index < -0.39 is 0 Å². The molecular formula is C16H17ClFNO. The Morgan fingerprint density at radius 1 is 1.10 bits per heavy atom. The van der Waals surface area contributed by atoms with Gasteiger partial charge in [-0.15, -0.1) is 0 Å². The van der Waals surface area contributed by atoms with Gasteiger partial charge in [-0.1, -0.05) is 11.6 Å². The van der Waals surface area contributed by atoms with Crippen molar-refractivity contribution < 1.29 is 9.13 Å². The van der Waals surface area contributed by atoms with Crippen LogP contribution in [-0.4, -0.2) is 0 Å². The van der Waals surface area contributed by atoms with E-state index in [1.807, 2.05) is 13.0 Å². The molecule has 0 bridgehead atoms. The predicted octanol–water partition coefficient (Wildman–Crippen LogP) is 4.91. The first kappa shape index (κ1) is 14.8. The summed E-state index contributed by atoms with van der Waals surface area (Å²) in [6.45, 7) is 5.40. The summed E-state index contributed by atoms with van der Waals surface area (Å²) in [5.41, 5.74) is 7.96. The van der Waals surface area contributed by atoms with Crippen molar-refractivity contribution in [1.82, 2.24) is 0 Å². The van der Waals surface area contributed by atoms with Crippen molar-refractivity contribution >= 4 is 11.6 Å². The van der Waals surface area contributed by atoms with Gasteiger partial charge in [0.05, 0.1) is 0 Å². The first-order chi connectivity index (χ1) is 9.38. The second kappa shape index (κ2) is 5.81. The summed E-state index contributed by atoms with van der Waals surface area (Å²) in [4.78, 5) is 0. The minimum atomic E-state index is -0.312. The SMILES string of the molecule is Cc1cc(Oc2ccc(Cl)cc2C)c([C@@H](C)N)cc1F. The number of benzene rings is 2. The lowest BCUT2D eigenvalue weighted by Gasteiger charge is -2.16. The molecule has 0 amide bonds. The molecule has 0 fully saturated rings. The Hall–Kier alpha value is -1.58. The van der Waals surface area contributed by atoms with Crippen LogP contribution in [0.3, 0.4) is 0 Å². The highest BCUT2D eigenvalue weighted by molar-refractivity contribution is 6.30. The van der Waals surface area contributed by atoms with Gasteiger partial charge in [0.2, 0.25) is 0 Å². The maximum Gasteiger partial charge on any atom is 0.132 e. The van der Waals surface area contributed by atoms with Gasteiger partial charge in [-0.2, -0.15) is 0 Å². The summed E-state index contributed by atoms with van der Waals surface area (Å²) < 4.78 is 19.5. The van der Waals surface area contributed by atoms with Crippen LogP contribution in [0.2, 0.25) is 5.02 Å². The number of halogens is 2. The zero-order chi connectivity index (χ0) is 14.9. The van der Waals surface area contributed by atoms with Crippen LogP contribution in [0.4, 0.5) is 4.39 Å². The number of hydrogen-bond acceptors (Lipinski definition) is 2. The monoisotopic (exact) mass is 293 g/mol. The van der Waals surface area contributed by atoms with E-state index in [2.05, 4.69) is 0 Å². The molecule has 2 aromatic carbocycles. The number of ether oxygens (including phenoxy) is 1. The summed E-state index contributed by atoms with van der Waals surface area (Å²) in [7, 11) is 0. The minimum Gasteiger partial charge on any atom is -0.457 e. The molecule has 0 radical (unpaired) electrons. The van der Waals surface area contributed by atoms with Gasteiger partial charge in [-0.3, -0.25) is 0 Å². The second-order valence-electron chi connectivity index (χ2n) is 4.94. The molecule has 0 unspecified atom stereocenters. The van der Waals surface area contributed by atoms with E-state index in [4.69, 9.17) is 22.1 Å². The van der Waals surface area contributed by atoms with Crippen molar-refractivity contribution in [2.45, 2.75) is 26.8 Å². The highest BCUT2D eigenvalue weighted by atomic mass is 35.5. The zero-order valence-corrected chi connectivity index (χ0v) is 12.5. The van der Waals surface area contributed by atoms with Crippen LogP contribution < -0.4 is 10.5 Å². The number of rotatable bonds is 3. The van der Waals surface area contributed by atoms with Crippen LogP contribution in [0.25, 0.3) is 0 Å². The Morgan fingerprint density at radius 2 is 1.80 bits per heavy atom. The third-order valence-corrected chi connectivity index (χ3v) is 3.37. The first-order valence-corrected chi connectivity index (χ1v) is 6.76. The normalized spacial score (nSPS) is 12.3. The standard InChI is InChI=1S/C16H17ClFNO/c1-9-7-16(13(11(3)19)8-14(9)18)20-15-5-4-12(17)6-10(15)2/h4-8,11H,19H2,1-3H3/t11-/m1/s1. The van der Waals surface area contributed by atoms with Gasteiger partial charge in [0.25, 0.3) is 0 Å². The smallest absolute Gasteiger partial charge is 0.132 e. The molecule has 0 aliphatic carbocycles. The molecule has 2 N–H and O–H groups in total. The number of aryl methyl sites for hydroxylation is 2. The van der Waals surface area contributed by atoms with Crippen molar-refractivity contribution in [3.8, 4) is 11.5 Å². The summed E-state index contributed by atoms with van der Waals surface area (Å²) in [5.74, 6) is 0.976. The van der Waals surface area contributed by atoms with Gasteiger partial charge in [-0.05, 0) is 62.2 Å². The van der Waals surface area contributed by atoms with Gasteiger partial charge in [0, 0.05) is 16.6 Å². The molecule has 0 aromatic heterocycles. The molecule has 0 aliphatic heterocycles. The lowest BCUT2D eigenvalue weighted by Crippen LogP contribution is -2.08. The van der Waals surface area contributed by atoms with Crippen molar-refractivity contribution in [1.29, 1.82) is 0 Å². The predicted molar refractivity (Wildman–Crippen MR) is 80.0 cm³/mol. The van der Waals surface area contributed by atoms with E-state index in [9.17, 15) is 4.39 Å². The summed E-state index contributed by atoms with van der Waals surface area (Å²) in [5, 5.41) is 0.651. The highest BCUT2D eigenvalue weighted by Crippen LogP contribution is 2.33. The fourth-order valence-corrected chi connectivity index (χ4v) is 2.19. The Labute approximate surface area is 123 Å². The van der Waals surface area contributed by atoms with E-state index in [1.54, 1.807) is 32.0 Å². The molecule has 20 heavy (non-hydrogen) atoms. The van der Waals surface area contributed by atoms with E-state index in [0.29, 0.717) is 27.6 Å². The van der Waals surface area contributed by atoms with Gasteiger partial charge in [0.1, 0.15) is 17.3 Å². The van der Waals surface area contributed by atoms with Crippen molar-refractivity contribution in [2.24, 2.45) is 5.73 Å². The van der Waals surface area contributed by atoms with Gasteiger partial charge in [-0.25, -0.2) is 4.39 Å². The van der Waals surface area contributed by atoms with Crippen LogP contribution in [0.1, 0.15) is 29.7 Å². The Morgan fingerprint density at radius 3 is 2.40 bits per heavy atom. The second-order valence-corrected chi connectivity index (χ2v) is 5.38. The number of hydrogen-bond donors (Lipinski definition) is 1. The summed E-state index contributed by atoms with van der Waals surface area (Å²) >= 11 is 5.92. The quantitative estimate of drug-likeness (QED) is 0.873. The van der Waals surface area contributed by atoms with Crippen LogP contribution in [0.15, 0.2) is 30.3 Å². The first-order valence-electron chi connectivity index (χ1n) is 6.38. The molecule has 1 atom stereocenters. The fourth-order valence-electron chi connectivity index (χ4n) is 1.96.